The van der Waals surface area contributed by atoms with E-state index in [1.165, 1.54) is 4.90 Å². The number of benzene rings is 1. The van der Waals surface area contributed by atoms with Crippen molar-refractivity contribution in [3.05, 3.63) is 28.2 Å². The number of hydrogen-bond donors (Lipinski definition) is 2. The molecule has 1 fully saturated rings. The lowest BCUT2D eigenvalue weighted by Gasteiger charge is -2.33. The summed E-state index contributed by atoms with van der Waals surface area (Å²) < 4.78 is 0.785. The second-order valence-electron chi connectivity index (χ2n) is 5.36. The predicted molar refractivity (Wildman–Crippen MR) is 84.5 cm³/mol. The quantitative estimate of drug-likeness (QED) is 0.870. The maximum absolute atomic E-state index is 12.5. The maximum Gasteiger partial charge on any atom is 0.329 e. The van der Waals surface area contributed by atoms with E-state index in [1.807, 2.05) is 32.0 Å². The van der Waals surface area contributed by atoms with Crippen molar-refractivity contribution in [2.45, 2.75) is 38.6 Å². The molecule has 0 radical (unpaired) electrons. The topological polar surface area (TPSA) is 69.6 Å². The van der Waals surface area contributed by atoms with E-state index in [2.05, 4.69) is 21.2 Å². The Kier molecular flexibility index (Phi) is 4.56. The van der Waals surface area contributed by atoms with Crippen molar-refractivity contribution in [1.29, 1.82) is 0 Å². The van der Waals surface area contributed by atoms with Gasteiger partial charge in [0.05, 0.1) is 5.69 Å². The van der Waals surface area contributed by atoms with Gasteiger partial charge in [0.1, 0.15) is 5.54 Å². The van der Waals surface area contributed by atoms with Gasteiger partial charge in [-0.05, 0) is 59.8 Å². The van der Waals surface area contributed by atoms with Gasteiger partial charge >= 0.3 is 12.0 Å². The van der Waals surface area contributed by atoms with E-state index in [-0.39, 0.29) is 6.03 Å². The molecule has 2 N–H and O–H groups in total. The van der Waals surface area contributed by atoms with Crippen LogP contribution in [-0.2, 0) is 4.79 Å². The Morgan fingerprint density at radius 2 is 2.19 bits per heavy atom. The highest BCUT2D eigenvalue weighted by Gasteiger charge is 2.48. The average molecular weight is 355 g/mol. The molecule has 114 valence electrons. The monoisotopic (exact) mass is 354 g/mol. The number of carboxylic acid groups (broad SMARTS) is 1. The van der Waals surface area contributed by atoms with Crippen LogP contribution in [0, 0.1) is 6.92 Å². The minimum absolute atomic E-state index is 0.360. The lowest BCUT2D eigenvalue weighted by molar-refractivity contribution is -0.148. The number of carbonyl (C=O) groups excluding carboxylic acids is 1. The van der Waals surface area contributed by atoms with E-state index in [0.717, 1.165) is 10.0 Å². The van der Waals surface area contributed by atoms with Crippen LogP contribution in [-0.4, -0.2) is 34.1 Å². The van der Waals surface area contributed by atoms with Crippen LogP contribution in [0.3, 0.4) is 0 Å². The van der Waals surface area contributed by atoms with E-state index in [0.29, 0.717) is 31.5 Å². The molecule has 1 aromatic carbocycles. The number of aliphatic carboxylic acids is 1. The highest BCUT2D eigenvalue weighted by Crippen LogP contribution is 2.34. The van der Waals surface area contributed by atoms with Crippen molar-refractivity contribution in [3.63, 3.8) is 0 Å². The molecule has 21 heavy (non-hydrogen) atoms. The normalized spacial score (nSPS) is 21.4. The number of carboxylic acids is 1. The molecule has 1 atom stereocenters. The van der Waals surface area contributed by atoms with E-state index >= 15 is 0 Å². The smallest absolute Gasteiger partial charge is 0.329 e. The SMILES string of the molecule is CCC1(C(=O)O)CCCN1C(=O)Nc1ccc(C)cc1Br. The Morgan fingerprint density at radius 1 is 1.48 bits per heavy atom. The summed E-state index contributed by atoms with van der Waals surface area (Å²) in [5.74, 6) is -0.930. The number of likely N-dealkylation sites (tertiary alicyclic amines) is 1. The fraction of sp³-hybridized carbons (Fsp3) is 0.467. The highest BCUT2D eigenvalue weighted by atomic mass is 79.9. The summed E-state index contributed by atoms with van der Waals surface area (Å²) >= 11 is 3.41. The minimum Gasteiger partial charge on any atom is -0.479 e. The molecule has 0 saturated carbocycles. The first-order chi connectivity index (χ1) is 9.90. The number of amides is 2. The Morgan fingerprint density at radius 3 is 2.76 bits per heavy atom. The van der Waals surface area contributed by atoms with Crippen molar-refractivity contribution in [1.82, 2.24) is 4.90 Å². The van der Waals surface area contributed by atoms with Gasteiger partial charge < -0.3 is 15.3 Å². The second-order valence-corrected chi connectivity index (χ2v) is 6.21. The zero-order valence-electron chi connectivity index (χ0n) is 12.1. The molecule has 1 aromatic rings. The molecule has 5 nitrogen and oxygen atoms in total. The number of rotatable bonds is 3. The van der Waals surface area contributed by atoms with Crippen LogP contribution >= 0.6 is 15.9 Å². The van der Waals surface area contributed by atoms with Crippen LogP contribution < -0.4 is 5.32 Å². The summed E-state index contributed by atoms with van der Waals surface area (Å²) in [4.78, 5) is 25.5. The van der Waals surface area contributed by atoms with Gasteiger partial charge in [-0.15, -0.1) is 0 Å². The second kappa shape index (κ2) is 6.05. The third kappa shape index (κ3) is 2.90. The van der Waals surface area contributed by atoms with Crippen molar-refractivity contribution < 1.29 is 14.7 Å². The highest BCUT2D eigenvalue weighted by molar-refractivity contribution is 9.10. The average Bonchev–Trinajstić information content (AvgIpc) is 2.87. The van der Waals surface area contributed by atoms with Crippen LogP contribution in [0.1, 0.15) is 31.7 Å². The standard InChI is InChI=1S/C15H19BrN2O3/c1-3-15(13(19)20)7-4-8-18(15)14(21)17-12-6-5-10(2)9-11(12)16/h5-6,9H,3-4,7-8H2,1-2H3,(H,17,21)(H,19,20). The van der Waals surface area contributed by atoms with E-state index in [1.54, 1.807) is 0 Å². The number of aryl methyl sites for hydroxylation is 1. The number of hydrogen-bond acceptors (Lipinski definition) is 2. The number of urea groups is 1. The van der Waals surface area contributed by atoms with Crippen molar-refractivity contribution in [2.75, 3.05) is 11.9 Å². The fourth-order valence-electron chi connectivity index (χ4n) is 2.82. The summed E-state index contributed by atoms with van der Waals surface area (Å²) in [5.41, 5.74) is 0.642. The van der Waals surface area contributed by atoms with Crippen molar-refractivity contribution in [3.8, 4) is 0 Å². The van der Waals surface area contributed by atoms with Gasteiger partial charge in [-0.2, -0.15) is 0 Å². The van der Waals surface area contributed by atoms with E-state index in [9.17, 15) is 14.7 Å². The van der Waals surface area contributed by atoms with Gasteiger partial charge in [0, 0.05) is 11.0 Å². The first kappa shape index (κ1) is 15.8. The van der Waals surface area contributed by atoms with Crippen LogP contribution in [0.5, 0.6) is 0 Å². The van der Waals surface area contributed by atoms with Crippen LogP contribution in [0.25, 0.3) is 0 Å². The molecule has 1 unspecified atom stereocenters. The third-order valence-corrected chi connectivity index (χ3v) is 4.74. The lowest BCUT2D eigenvalue weighted by Crippen LogP contribution is -2.54. The molecular weight excluding hydrogens is 336 g/mol. The zero-order chi connectivity index (χ0) is 15.6. The van der Waals surface area contributed by atoms with Gasteiger partial charge in [0.2, 0.25) is 0 Å². The molecule has 0 bridgehead atoms. The first-order valence-corrected chi connectivity index (χ1v) is 7.78. The number of nitrogens with one attached hydrogen (secondary N) is 1. The fourth-order valence-corrected chi connectivity index (χ4v) is 3.41. The Bertz CT molecular complexity index is 576. The molecule has 6 heteroatoms. The number of anilines is 1. The molecule has 1 heterocycles. The summed E-state index contributed by atoms with van der Waals surface area (Å²) in [7, 11) is 0. The summed E-state index contributed by atoms with van der Waals surface area (Å²) in [6.07, 6.45) is 1.62. The summed E-state index contributed by atoms with van der Waals surface area (Å²) in [6.45, 7) is 4.24. The molecular formula is C15H19BrN2O3. The molecule has 0 aromatic heterocycles. The number of halogens is 1. The van der Waals surface area contributed by atoms with Crippen LogP contribution in [0.15, 0.2) is 22.7 Å². The van der Waals surface area contributed by atoms with Gasteiger partial charge in [-0.1, -0.05) is 13.0 Å². The van der Waals surface area contributed by atoms with E-state index in [4.69, 9.17) is 0 Å². The van der Waals surface area contributed by atoms with Crippen LogP contribution in [0.4, 0.5) is 10.5 Å². The Hall–Kier alpha value is -1.56. The molecule has 2 amide bonds. The summed E-state index contributed by atoms with van der Waals surface area (Å²) in [6, 6.07) is 5.25. The number of carbonyl (C=O) groups is 2. The summed E-state index contributed by atoms with van der Waals surface area (Å²) in [5, 5.41) is 12.3. The zero-order valence-corrected chi connectivity index (χ0v) is 13.7. The van der Waals surface area contributed by atoms with E-state index < -0.39 is 11.5 Å². The Labute approximate surface area is 132 Å². The molecule has 0 spiro atoms. The predicted octanol–water partition coefficient (Wildman–Crippen LogP) is 3.62. The number of nitrogens with zero attached hydrogens (tertiary/aromatic N) is 1. The van der Waals surface area contributed by atoms with Gasteiger partial charge in [0.25, 0.3) is 0 Å². The Balaban J connectivity index is 2.21. The molecule has 1 saturated heterocycles. The molecule has 1 aliphatic rings. The van der Waals surface area contributed by atoms with Crippen molar-refractivity contribution in [2.24, 2.45) is 0 Å². The molecule has 1 aliphatic heterocycles. The van der Waals surface area contributed by atoms with Gasteiger partial charge in [0.15, 0.2) is 0 Å². The maximum atomic E-state index is 12.5. The van der Waals surface area contributed by atoms with Gasteiger partial charge in [-0.25, -0.2) is 9.59 Å². The third-order valence-electron chi connectivity index (χ3n) is 4.08. The van der Waals surface area contributed by atoms with Crippen molar-refractivity contribution >= 4 is 33.6 Å². The first-order valence-electron chi connectivity index (χ1n) is 6.99. The van der Waals surface area contributed by atoms with Crippen LogP contribution in [0.2, 0.25) is 0 Å². The largest absolute Gasteiger partial charge is 0.479 e. The minimum atomic E-state index is -1.08. The molecule has 2 rings (SSSR count). The van der Waals surface area contributed by atoms with Gasteiger partial charge in [-0.3, -0.25) is 0 Å². The lowest BCUT2D eigenvalue weighted by atomic mass is 9.93. The molecule has 0 aliphatic carbocycles.